The molecule has 1 aliphatic carbocycles. The zero-order valence-corrected chi connectivity index (χ0v) is 25.8. The summed E-state index contributed by atoms with van der Waals surface area (Å²) in [6, 6.07) is 1.69. The van der Waals surface area contributed by atoms with Gasteiger partial charge in [0.25, 0.3) is 6.43 Å². The number of hydrogen-bond acceptors (Lipinski definition) is 9. The van der Waals surface area contributed by atoms with Gasteiger partial charge in [0.05, 0.1) is 17.4 Å². The zero-order chi connectivity index (χ0) is 30.1. The van der Waals surface area contributed by atoms with Crippen LogP contribution < -0.4 is 9.62 Å². The third-order valence-corrected chi connectivity index (χ3v) is 11.0. The largest absolute Gasteiger partial charge is 0.366 e. The van der Waals surface area contributed by atoms with Gasteiger partial charge >= 0.3 is 6.03 Å². The number of sulfonamides is 1. The number of alkyl halides is 2. The Morgan fingerprint density at radius 2 is 1.81 bits per heavy atom. The molecule has 16 heteroatoms. The van der Waals surface area contributed by atoms with Crippen LogP contribution in [0, 0.1) is 0 Å². The first-order valence-corrected chi connectivity index (χ1v) is 16.2. The Morgan fingerprint density at radius 3 is 2.38 bits per heavy atom. The number of rotatable bonds is 7. The van der Waals surface area contributed by atoms with Gasteiger partial charge < -0.3 is 19.6 Å². The van der Waals surface area contributed by atoms with Gasteiger partial charge in [0.2, 0.25) is 10.0 Å². The van der Waals surface area contributed by atoms with Gasteiger partial charge in [-0.3, -0.25) is 4.40 Å². The smallest absolute Gasteiger partial charge is 0.320 e. The van der Waals surface area contributed by atoms with Crippen LogP contribution in [0.3, 0.4) is 0 Å². The van der Waals surface area contributed by atoms with Gasteiger partial charge in [-0.2, -0.15) is 0 Å². The average Bonchev–Trinajstić information content (AvgIpc) is 3.26. The SMILES string of the molecule is C[C@H]1CN(c2cc(S(=O)(=O)NC3(C)CC3)cn3c(-c4nnc(C(F)F)s4)ncc23)C[C@H](C)N1C(=O)N1CC(N(C)C)C1. The van der Waals surface area contributed by atoms with Crippen LogP contribution in [0.1, 0.15) is 45.0 Å². The highest BCUT2D eigenvalue weighted by molar-refractivity contribution is 7.89. The van der Waals surface area contributed by atoms with E-state index in [4.69, 9.17) is 0 Å². The summed E-state index contributed by atoms with van der Waals surface area (Å²) in [7, 11) is 0.104. The molecule has 3 aromatic rings. The van der Waals surface area contributed by atoms with Gasteiger partial charge in [-0.15, -0.1) is 10.2 Å². The first-order valence-electron chi connectivity index (χ1n) is 13.9. The highest BCUT2D eigenvalue weighted by Crippen LogP contribution is 2.38. The number of anilines is 1. The number of halogens is 2. The van der Waals surface area contributed by atoms with E-state index in [0.29, 0.717) is 43.4 Å². The third kappa shape index (κ3) is 5.22. The van der Waals surface area contributed by atoms with Crippen molar-refractivity contribution in [3.63, 3.8) is 0 Å². The Balaban J connectivity index is 1.35. The van der Waals surface area contributed by atoms with E-state index in [-0.39, 0.29) is 33.8 Å². The van der Waals surface area contributed by atoms with Crippen molar-refractivity contribution in [3.8, 4) is 10.8 Å². The first-order chi connectivity index (χ1) is 19.8. The molecule has 3 fully saturated rings. The minimum Gasteiger partial charge on any atom is -0.366 e. The second kappa shape index (κ2) is 10.3. The lowest BCUT2D eigenvalue weighted by molar-refractivity contribution is 0.0473. The van der Waals surface area contributed by atoms with Crippen LogP contribution in [0.4, 0.5) is 19.3 Å². The number of imidazole rings is 1. The van der Waals surface area contributed by atoms with Crippen LogP contribution in [0.2, 0.25) is 0 Å². The summed E-state index contributed by atoms with van der Waals surface area (Å²) < 4.78 is 58.0. The van der Waals surface area contributed by atoms with Crippen molar-refractivity contribution >= 4 is 38.6 Å². The van der Waals surface area contributed by atoms with Crippen LogP contribution in [0.15, 0.2) is 23.4 Å². The maximum atomic E-state index is 13.5. The number of pyridine rings is 1. The highest BCUT2D eigenvalue weighted by Gasteiger charge is 2.43. The second-order valence-corrected chi connectivity index (χ2v) is 14.8. The third-order valence-electron chi connectivity index (χ3n) is 8.45. The Bertz CT molecular complexity index is 1600. The van der Waals surface area contributed by atoms with Crippen molar-refractivity contribution in [2.75, 3.05) is 45.2 Å². The van der Waals surface area contributed by atoms with E-state index in [0.717, 1.165) is 24.2 Å². The lowest BCUT2D eigenvalue weighted by Gasteiger charge is -2.50. The molecule has 228 valence electrons. The molecule has 0 spiro atoms. The number of hydrogen-bond donors (Lipinski definition) is 1. The fourth-order valence-electron chi connectivity index (χ4n) is 5.70. The summed E-state index contributed by atoms with van der Waals surface area (Å²) in [4.78, 5) is 25.9. The van der Waals surface area contributed by atoms with Gasteiger partial charge in [-0.05, 0) is 53.8 Å². The molecule has 5 heterocycles. The molecule has 2 atom stereocenters. The van der Waals surface area contributed by atoms with Crippen LogP contribution in [0.25, 0.3) is 16.3 Å². The summed E-state index contributed by atoms with van der Waals surface area (Å²) in [6.07, 6.45) is 1.77. The Labute approximate surface area is 247 Å². The molecule has 2 saturated heterocycles. The molecule has 2 amide bonds. The zero-order valence-electron chi connectivity index (χ0n) is 24.2. The number of likely N-dealkylation sites (tertiary alicyclic amines) is 1. The number of fused-ring (bicyclic) bond motifs is 1. The summed E-state index contributed by atoms with van der Waals surface area (Å²) in [5.41, 5.74) is 0.735. The van der Waals surface area contributed by atoms with Gasteiger partial charge in [-0.25, -0.2) is 31.7 Å². The topological polar surface area (TPSA) is 119 Å². The van der Waals surface area contributed by atoms with E-state index in [1.807, 2.05) is 44.7 Å². The summed E-state index contributed by atoms with van der Waals surface area (Å²) in [6.45, 7) is 8.17. The minimum absolute atomic E-state index is 0.00819. The summed E-state index contributed by atoms with van der Waals surface area (Å²) in [5.74, 6) is 0.230. The molecular formula is C26H35F2N9O3S2. The van der Waals surface area contributed by atoms with E-state index in [1.165, 1.54) is 6.20 Å². The molecule has 2 aliphatic heterocycles. The average molecular weight is 624 g/mol. The number of carbonyl (C=O) groups is 1. The van der Waals surface area contributed by atoms with E-state index in [2.05, 4.69) is 29.7 Å². The predicted molar refractivity (Wildman–Crippen MR) is 154 cm³/mol. The van der Waals surface area contributed by atoms with Crippen molar-refractivity contribution in [1.82, 2.24) is 39.0 Å². The number of amides is 2. The Hall–Kier alpha value is -2.95. The van der Waals surface area contributed by atoms with E-state index < -0.39 is 27.0 Å². The monoisotopic (exact) mass is 623 g/mol. The van der Waals surface area contributed by atoms with Gasteiger partial charge in [0.1, 0.15) is 4.90 Å². The molecule has 12 nitrogen and oxygen atoms in total. The fraction of sp³-hybridized carbons (Fsp3) is 0.615. The molecule has 6 rings (SSSR count). The van der Waals surface area contributed by atoms with Crippen molar-refractivity contribution in [3.05, 3.63) is 23.5 Å². The molecule has 0 radical (unpaired) electrons. The van der Waals surface area contributed by atoms with Crippen LogP contribution in [0.5, 0.6) is 0 Å². The molecular weight excluding hydrogens is 588 g/mol. The van der Waals surface area contributed by atoms with Gasteiger partial charge in [0, 0.05) is 56.0 Å². The highest BCUT2D eigenvalue weighted by atomic mass is 32.2. The molecule has 42 heavy (non-hydrogen) atoms. The fourth-order valence-corrected chi connectivity index (χ4v) is 7.87. The molecule has 1 N–H and O–H groups in total. The quantitative estimate of drug-likeness (QED) is 0.427. The van der Waals surface area contributed by atoms with E-state index in [9.17, 15) is 22.0 Å². The maximum Gasteiger partial charge on any atom is 0.320 e. The normalized spacial score (nSPS) is 22.8. The number of likely N-dealkylation sites (N-methyl/N-ethyl adjacent to an activating group) is 1. The van der Waals surface area contributed by atoms with Crippen LogP contribution in [-0.2, 0) is 10.0 Å². The predicted octanol–water partition coefficient (Wildman–Crippen LogP) is 2.89. The number of carbonyl (C=O) groups excluding carboxylic acids is 1. The van der Waals surface area contributed by atoms with E-state index in [1.54, 1.807) is 16.7 Å². The number of nitrogens with one attached hydrogen (secondary N) is 1. The molecule has 1 saturated carbocycles. The number of aromatic nitrogens is 4. The lowest BCUT2D eigenvalue weighted by atomic mass is 10.1. The number of nitrogens with zero attached hydrogens (tertiary/aromatic N) is 8. The van der Waals surface area contributed by atoms with Crippen molar-refractivity contribution in [1.29, 1.82) is 0 Å². The van der Waals surface area contributed by atoms with Gasteiger partial charge in [-0.1, -0.05) is 11.3 Å². The standard InChI is InChI=1S/C26H35F2N9O3S2/c1-15-10-34(11-16(2)37(15)25(38)35-12-17(13-35)33(4)5)19-8-18(42(39,40)32-26(3)6-7-26)14-36-20(19)9-29-22(36)24-31-30-23(41-24)21(27)28/h8-9,14-17,21,32H,6-7,10-13H2,1-5H3/t15-,16-/m0/s1. The number of piperazine rings is 1. The van der Waals surface area contributed by atoms with Crippen molar-refractivity contribution < 1.29 is 22.0 Å². The van der Waals surface area contributed by atoms with Gasteiger partial charge in [0.15, 0.2) is 15.8 Å². The Morgan fingerprint density at radius 1 is 1.14 bits per heavy atom. The molecule has 0 unspecified atom stereocenters. The maximum absolute atomic E-state index is 13.5. The Kier molecular flexibility index (Phi) is 7.18. The molecule has 3 aliphatic rings. The minimum atomic E-state index is -3.92. The van der Waals surface area contributed by atoms with Crippen molar-refractivity contribution in [2.24, 2.45) is 0 Å². The van der Waals surface area contributed by atoms with Crippen LogP contribution >= 0.6 is 11.3 Å². The summed E-state index contributed by atoms with van der Waals surface area (Å²) >= 11 is 0.719. The lowest BCUT2D eigenvalue weighted by Crippen LogP contribution is -2.67. The first kappa shape index (κ1) is 29.1. The molecule has 3 aromatic heterocycles. The number of urea groups is 1. The summed E-state index contributed by atoms with van der Waals surface area (Å²) in [5, 5.41) is 7.22. The molecule has 0 bridgehead atoms. The second-order valence-electron chi connectivity index (χ2n) is 12.1. The van der Waals surface area contributed by atoms with Crippen molar-refractivity contribution in [2.45, 2.75) is 68.6 Å². The van der Waals surface area contributed by atoms with Crippen LogP contribution in [-0.4, -0.2) is 113 Å². The molecule has 0 aromatic carbocycles. The van der Waals surface area contributed by atoms with E-state index >= 15 is 0 Å².